The van der Waals surface area contributed by atoms with Crippen molar-refractivity contribution in [1.29, 1.82) is 0 Å². The summed E-state index contributed by atoms with van der Waals surface area (Å²) in [5.74, 6) is 0. The van der Waals surface area contributed by atoms with Gasteiger partial charge in [0.25, 0.3) is 5.56 Å². The number of para-hydroxylation sites is 2. The van der Waals surface area contributed by atoms with Crippen LogP contribution in [0.5, 0.6) is 0 Å². The van der Waals surface area contributed by atoms with E-state index in [9.17, 15) is 9.59 Å². The van der Waals surface area contributed by atoms with E-state index in [1.165, 1.54) is 4.68 Å². The summed E-state index contributed by atoms with van der Waals surface area (Å²) in [5, 5.41) is 5.39. The summed E-state index contributed by atoms with van der Waals surface area (Å²) in [7, 11) is 0. The fourth-order valence-electron chi connectivity index (χ4n) is 4.07. The number of amides is 1. The number of hydrogen-bond donors (Lipinski definition) is 0. The number of rotatable bonds is 1. The fourth-order valence-corrected chi connectivity index (χ4v) is 4.07. The molecule has 28 heavy (non-hydrogen) atoms. The van der Waals surface area contributed by atoms with Gasteiger partial charge in [-0.25, -0.2) is 4.79 Å². The number of carbonyl (C=O) groups excluding carboxylic acids is 1. The van der Waals surface area contributed by atoms with Gasteiger partial charge in [-0.15, -0.1) is 0 Å². The summed E-state index contributed by atoms with van der Waals surface area (Å²) in [4.78, 5) is 28.2. The number of hydrogen-bond acceptors (Lipinski definition) is 3. The monoisotopic (exact) mass is 372 g/mol. The van der Waals surface area contributed by atoms with Crippen molar-refractivity contribution in [2.24, 2.45) is 0 Å². The second-order valence-corrected chi connectivity index (χ2v) is 7.30. The normalized spacial score (nSPS) is 16.9. The van der Waals surface area contributed by atoms with Crippen molar-refractivity contribution < 1.29 is 4.79 Å². The Balaban J connectivity index is 1.78. The van der Waals surface area contributed by atoms with Crippen LogP contribution < -0.4 is 5.56 Å². The average Bonchev–Trinajstić information content (AvgIpc) is 3.31. The molecule has 0 saturated carbocycles. The Morgan fingerprint density at radius 2 is 1.82 bits per heavy atom. The molecule has 0 aliphatic carbocycles. The van der Waals surface area contributed by atoms with E-state index in [4.69, 9.17) is 0 Å². The van der Waals surface area contributed by atoms with Crippen molar-refractivity contribution in [2.75, 3.05) is 6.54 Å². The lowest BCUT2D eigenvalue weighted by Gasteiger charge is -2.24. The van der Waals surface area contributed by atoms with Crippen LogP contribution in [0.3, 0.4) is 0 Å². The molecule has 0 aromatic heterocycles. The van der Waals surface area contributed by atoms with Gasteiger partial charge >= 0.3 is 6.03 Å². The molecule has 0 N–H and O–H groups in total. The number of likely N-dealkylation sites (tertiary alicyclic amines) is 1. The van der Waals surface area contributed by atoms with E-state index in [-0.39, 0.29) is 17.6 Å². The maximum atomic E-state index is 13.3. The van der Waals surface area contributed by atoms with Crippen LogP contribution in [0.1, 0.15) is 19.8 Å². The molecule has 0 spiro atoms. The molecule has 1 saturated heterocycles. The predicted octanol–water partition coefficient (Wildman–Crippen LogP) is 3.74. The Morgan fingerprint density at radius 1 is 1.07 bits per heavy atom. The van der Waals surface area contributed by atoms with Gasteiger partial charge in [-0.3, -0.25) is 9.36 Å². The highest BCUT2D eigenvalue weighted by atomic mass is 16.2. The van der Waals surface area contributed by atoms with Gasteiger partial charge in [0.2, 0.25) is 0 Å². The lowest BCUT2D eigenvalue weighted by Crippen LogP contribution is -2.37. The molecule has 2 aromatic carbocycles. The van der Waals surface area contributed by atoms with E-state index in [0.717, 1.165) is 30.3 Å². The number of fused-ring (bicyclic) bond motifs is 3. The van der Waals surface area contributed by atoms with Crippen molar-refractivity contribution in [2.45, 2.75) is 25.8 Å². The molecule has 1 unspecified atom stereocenters. The summed E-state index contributed by atoms with van der Waals surface area (Å²) in [6.45, 7) is 2.81. The Labute approximate surface area is 162 Å². The number of carbonyl (C=O) groups is 1. The third-order valence-corrected chi connectivity index (χ3v) is 5.56. The Bertz CT molecular complexity index is 1210. The Hall–Kier alpha value is -3.41. The largest absolute Gasteiger partial charge is 0.328 e. The molecule has 3 heterocycles. The first kappa shape index (κ1) is 16.7. The molecule has 0 bridgehead atoms. The lowest BCUT2D eigenvalue weighted by atomic mass is 10.1. The van der Waals surface area contributed by atoms with Gasteiger partial charge in [0.05, 0.1) is 16.8 Å². The maximum absolute atomic E-state index is 13.3. The minimum atomic E-state index is -0.219. The zero-order valence-corrected chi connectivity index (χ0v) is 15.6. The summed E-state index contributed by atoms with van der Waals surface area (Å²) >= 11 is 0. The molecule has 2 aromatic rings. The molecule has 1 amide bonds. The molecule has 140 valence electrons. The SMILES string of the molecule is CC1CCCN1C(=O)n1cc2c(=O)n(-c3ccccc3)nc-2c2ccccc21. The summed E-state index contributed by atoms with van der Waals surface area (Å²) < 4.78 is 3.02. The molecule has 6 heteroatoms. The second-order valence-electron chi connectivity index (χ2n) is 7.30. The minimum Gasteiger partial charge on any atom is -0.321 e. The lowest BCUT2D eigenvalue weighted by molar-refractivity contribution is 0.198. The van der Waals surface area contributed by atoms with Crippen LogP contribution in [-0.2, 0) is 0 Å². The zero-order valence-electron chi connectivity index (χ0n) is 15.6. The van der Waals surface area contributed by atoms with E-state index < -0.39 is 0 Å². The van der Waals surface area contributed by atoms with Crippen LogP contribution in [0.15, 0.2) is 65.6 Å². The first-order chi connectivity index (χ1) is 13.6. The highest BCUT2D eigenvalue weighted by Gasteiger charge is 2.29. The van der Waals surface area contributed by atoms with Crippen molar-refractivity contribution in [3.05, 3.63) is 71.1 Å². The van der Waals surface area contributed by atoms with Crippen LogP contribution in [0.4, 0.5) is 4.79 Å². The van der Waals surface area contributed by atoms with Gasteiger partial charge in [0.1, 0.15) is 5.69 Å². The van der Waals surface area contributed by atoms with Gasteiger partial charge in [-0.2, -0.15) is 9.78 Å². The third kappa shape index (κ3) is 2.45. The van der Waals surface area contributed by atoms with E-state index in [0.29, 0.717) is 16.9 Å². The number of aromatic nitrogens is 3. The predicted molar refractivity (Wildman–Crippen MR) is 108 cm³/mol. The van der Waals surface area contributed by atoms with Crippen molar-refractivity contribution in [3.63, 3.8) is 0 Å². The third-order valence-electron chi connectivity index (χ3n) is 5.56. The number of nitrogens with zero attached hydrogens (tertiary/aromatic N) is 4. The van der Waals surface area contributed by atoms with E-state index >= 15 is 0 Å². The Morgan fingerprint density at radius 3 is 2.57 bits per heavy atom. The van der Waals surface area contributed by atoms with Crippen LogP contribution >= 0.6 is 0 Å². The summed E-state index contributed by atoms with van der Waals surface area (Å²) in [6, 6.07) is 17.1. The first-order valence-electron chi connectivity index (χ1n) is 9.54. The van der Waals surface area contributed by atoms with Gasteiger partial charge in [-0.1, -0.05) is 36.4 Å². The van der Waals surface area contributed by atoms with Gasteiger partial charge in [0.15, 0.2) is 0 Å². The molecular weight excluding hydrogens is 352 g/mol. The second kappa shape index (κ2) is 6.34. The smallest absolute Gasteiger partial charge is 0.321 e. The first-order valence-corrected chi connectivity index (χ1v) is 9.54. The summed E-state index contributed by atoms with van der Waals surface area (Å²) in [6.07, 6.45) is 3.66. The standard InChI is InChI=1S/C22H20N4O2/c1-15-8-7-13-24(15)22(28)25-14-18-20(17-11-5-6-12-19(17)25)23-26(21(18)27)16-9-3-2-4-10-16/h2-6,9-12,14-15H,7-8,13H2,1H3. The Kier molecular flexibility index (Phi) is 3.79. The highest BCUT2D eigenvalue weighted by Crippen LogP contribution is 2.29. The van der Waals surface area contributed by atoms with Crippen LogP contribution in [0, 0.1) is 0 Å². The highest BCUT2D eigenvalue weighted by molar-refractivity contribution is 5.99. The molecule has 6 nitrogen and oxygen atoms in total. The maximum Gasteiger partial charge on any atom is 0.328 e. The van der Waals surface area contributed by atoms with Crippen LogP contribution in [0.2, 0.25) is 0 Å². The van der Waals surface area contributed by atoms with Crippen LogP contribution in [-0.4, -0.2) is 37.9 Å². The number of pyridine rings is 1. The fraction of sp³-hybridized carbons (Fsp3) is 0.227. The molecule has 0 radical (unpaired) electrons. The van der Waals surface area contributed by atoms with Gasteiger partial charge in [-0.05, 0) is 38.0 Å². The van der Waals surface area contributed by atoms with Crippen molar-refractivity contribution >= 4 is 16.9 Å². The van der Waals surface area contributed by atoms with Crippen molar-refractivity contribution in [3.8, 4) is 16.9 Å². The van der Waals surface area contributed by atoms with E-state index in [2.05, 4.69) is 12.0 Å². The molecule has 1 fully saturated rings. The summed E-state index contributed by atoms with van der Waals surface area (Å²) in [5.41, 5.74) is 2.31. The molecule has 3 aliphatic heterocycles. The van der Waals surface area contributed by atoms with Crippen LogP contribution in [0.25, 0.3) is 27.8 Å². The zero-order chi connectivity index (χ0) is 19.3. The van der Waals surface area contributed by atoms with E-state index in [1.807, 2.05) is 59.5 Å². The van der Waals surface area contributed by atoms with Gasteiger partial charge in [0, 0.05) is 24.2 Å². The van der Waals surface area contributed by atoms with Crippen molar-refractivity contribution in [1.82, 2.24) is 19.2 Å². The molecular formula is C22H20N4O2. The quantitative estimate of drug-likeness (QED) is 0.511. The molecule has 5 rings (SSSR count). The minimum absolute atomic E-state index is 0.0880. The van der Waals surface area contributed by atoms with Gasteiger partial charge < -0.3 is 4.90 Å². The van der Waals surface area contributed by atoms with E-state index in [1.54, 1.807) is 10.8 Å². The molecule has 3 aliphatic rings. The average molecular weight is 372 g/mol. The molecule has 1 atom stereocenters. The number of benzene rings is 2. The topological polar surface area (TPSA) is 60.1 Å².